The lowest BCUT2D eigenvalue weighted by Gasteiger charge is -2.24. The van der Waals surface area contributed by atoms with Gasteiger partial charge in [0.25, 0.3) is 5.91 Å². The van der Waals surface area contributed by atoms with Crippen LogP contribution < -0.4 is 4.90 Å². The van der Waals surface area contributed by atoms with Gasteiger partial charge in [0.05, 0.1) is 15.0 Å². The zero-order chi connectivity index (χ0) is 23.8. The highest BCUT2D eigenvalue weighted by Gasteiger charge is 2.38. The molecule has 0 spiro atoms. The van der Waals surface area contributed by atoms with Gasteiger partial charge in [-0.3, -0.25) is 9.69 Å². The molecule has 0 bridgehead atoms. The number of aryl methyl sites for hydroxylation is 1. The Balaban J connectivity index is 1.50. The fraction of sp³-hybridized carbons (Fsp3) is 0.0741. The van der Waals surface area contributed by atoms with Gasteiger partial charge in [0.1, 0.15) is 16.9 Å². The maximum absolute atomic E-state index is 13.5. The van der Waals surface area contributed by atoms with Crippen molar-refractivity contribution in [3.05, 3.63) is 116 Å². The van der Waals surface area contributed by atoms with Crippen molar-refractivity contribution in [1.82, 2.24) is 0 Å². The van der Waals surface area contributed by atoms with Gasteiger partial charge < -0.3 is 4.42 Å². The van der Waals surface area contributed by atoms with Crippen molar-refractivity contribution in [2.24, 2.45) is 0 Å². The Kier molecular flexibility index (Phi) is 6.50. The molecule has 0 aliphatic carbocycles. The summed E-state index contributed by atoms with van der Waals surface area (Å²) in [4.78, 5) is 15.9. The second-order valence-corrected chi connectivity index (χ2v) is 10.2. The van der Waals surface area contributed by atoms with Crippen molar-refractivity contribution in [3.63, 3.8) is 0 Å². The average molecular weight is 527 g/mol. The van der Waals surface area contributed by atoms with Crippen molar-refractivity contribution in [2.45, 2.75) is 12.3 Å². The number of anilines is 1. The predicted octanol–water partition coefficient (Wildman–Crippen LogP) is 9.03. The van der Waals surface area contributed by atoms with E-state index in [1.807, 2.05) is 78.6 Å². The van der Waals surface area contributed by atoms with Crippen molar-refractivity contribution in [3.8, 4) is 11.3 Å². The quantitative estimate of drug-likeness (QED) is 0.249. The minimum atomic E-state index is -0.219. The maximum Gasteiger partial charge on any atom is 0.266 e. The van der Waals surface area contributed by atoms with Crippen LogP contribution in [0.25, 0.3) is 17.4 Å². The molecular formula is C27H18Cl3NO2S. The Hall–Kier alpha value is -2.63. The smallest absolute Gasteiger partial charge is 0.266 e. The van der Waals surface area contributed by atoms with Gasteiger partial charge in [0.15, 0.2) is 0 Å². The number of nitrogens with zero attached hydrogens (tertiary/aromatic N) is 1. The lowest BCUT2D eigenvalue weighted by Crippen LogP contribution is -2.27. The molecule has 3 aromatic carbocycles. The van der Waals surface area contributed by atoms with E-state index in [0.29, 0.717) is 31.5 Å². The first-order chi connectivity index (χ1) is 16.4. The summed E-state index contributed by atoms with van der Waals surface area (Å²) in [5.41, 5.74) is 3.77. The van der Waals surface area contributed by atoms with Crippen LogP contribution in [0.5, 0.6) is 0 Å². The summed E-state index contributed by atoms with van der Waals surface area (Å²) in [6.07, 6.45) is 1.78. The Labute approximate surface area is 216 Å². The summed E-state index contributed by atoms with van der Waals surface area (Å²) in [6.45, 7) is 2.02. The highest BCUT2D eigenvalue weighted by atomic mass is 35.5. The summed E-state index contributed by atoms with van der Waals surface area (Å²) in [6, 6.07) is 24.5. The van der Waals surface area contributed by atoms with Crippen LogP contribution in [0, 0.1) is 6.92 Å². The molecule has 0 radical (unpaired) electrons. The van der Waals surface area contributed by atoms with Crippen LogP contribution in [0.1, 0.15) is 22.3 Å². The van der Waals surface area contributed by atoms with Gasteiger partial charge in [0.2, 0.25) is 0 Å². The summed E-state index contributed by atoms with van der Waals surface area (Å²) < 4.78 is 6.01. The van der Waals surface area contributed by atoms with E-state index in [1.165, 1.54) is 11.8 Å². The molecule has 1 saturated heterocycles. The first-order valence-electron chi connectivity index (χ1n) is 10.5. The van der Waals surface area contributed by atoms with Gasteiger partial charge in [-0.05, 0) is 67.1 Å². The SMILES string of the molecule is Cc1ccc(N2C(=O)C(=Cc3ccc(-c4ccc(Cl)c(Cl)c4)o3)SC2c2ccc(Cl)cc2)cc1. The van der Waals surface area contributed by atoms with E-state index >= 15 is 0 Å². The molecule has 170 valence electrons. The number of benzene rings is 3. The van der Waals surface area contributed by atoms with Crippen LogP contribution in [0.2, 0.25) is 15.1 Å². The van der Waals surface area contributed by atoms with Gasteiger partial charge in [-0.1, -0.05) is 76.4 Å². The number of rotatable bonds is 4. The lowest BCUT2D eigenvalue weighted by atomic mass is 10.1. The highest BCUT2D eigenvalue weighted by molar-refractivity contribution is 8.05. The molecule has 1 aliphatic rings. The summed E-state index contributed by atoms with van der Waals surface area (Å²) in [5, 5.41) is 1.37. The fourth-order valence-corrected chi connectivity index (χ4v) is 5.38. The van der Waals surface area contributed by atoms with Crippen molar-refractivity contribution in [1.29, 1.82) is 0 Å². The molecule has 5 rings (SSSR count). The van der Waals surface area contributed by atoms with Gasteiger partial charge in [-0.25, -0.2) is 0 Å². The number of carbonyl (C=O) groups excluding carboxylic acids is 1. The molecule has 1 atom stereocenters. The third kappa shape index (κ3) is 4.64. The molecule has 34 heavy (non-hydrogen) atoms. The number of carbonyl (C=O) groups is 1. The zero-order valence-electron chi connectivity index (χ0n) is 18.0. The minimum absolute atomic E-state index is 0.0821. The van der Waals surface area contributed by atoms with Crippen molar-refractivity contribution in [2.75, 3.05) is 4.90 Å². The average Bonchev–Trinajstić information content (AvgIpc) is 3.42. The van der Waals surface area contributed by atoms with E-state index in [0.717, 1.165) is 22.4 Å². The van der Waals surface area contributed by atoms with Gasteiger partial charge in [0, 0.05) is 22.3 Å². The van der Waals surface area contributed by atoms with E-state index in [9.17, 15) is 4.79 Å². The van der Waals surface area contributed by atoms with Crippen molar-refractivity contribution < 1.29 is 9.21 Å². The van der Waals surface area contributed by atoms with Crippen LogP contribution in [0.4, 0.5) is 5.69 Å². The van der Waals surface area contributed by atoms with Crippen LogP contribution >= 0.6 is 46.6 Å². The van der Waals surface area contributed by atoms with E-state index < -0.39 is 0 Å². The van der Waals surface area contributed by atoms with Gasteiger partial charge in [-0.15, -0.1) is 0 Å². The van der Waals surface area contributed by atoms with Crippen LogP contribution in [-0.2, 0) is 4.79 Å². The summed E-state index contributed by atoms with van der Waals surface area (Å²) in [5.74, 6) is 1.14. The Morgan fingerprint density at radius 2 is 1.62 bits per heavy atom. The zero-order valence-corrected chi connectivity index (χ0v) is 21.1. The number of amides is 1. The molecule has 1 amide bonds. The van der Waals surface area contributed by atoms with Crippen LogP contribution in [-0.4, -0.2) is 5.91 Å². The molecule has 3 nitrogen and oxygen atoms in total. The number of furan rings is 1. The van der Waals surface area contributed by atoms with Crippen molar-refractivity contribution >= 4 is 64.2 Å². The minimum Gasteiger partial charge on any atom is -0.457 e. The third-order valence-corrected chi connectivity index (χ3v) is 7.72. The number of thioether (sulfide) groups is 1. The molecule has 1 fully saturated rings. The van der Waals surface area contributed by atoms with Gasteiger partial charge in [-0.2, -0.15) is 0 Å². The normalized spacial score (nSPS) is 17.1. The van der Waals surface area contributed by atoms with Crippen LogP contribution in [0.15, 0.2) is 88.2 Å². The molecule has 2 heterocycles. The largest absolute Gasteiger partial charge is 0.457 e. The number of hydrogen-bond acceptors (Lipinski definition) is 3. The number of hydrogen-bond donors (Lipinski definition) is 0. The molecule has 1 aliphatic heterocycles. The maximum atomic E-state index is 13.5. The highest BCUT2D eigenvalue weighted by Crippen LogP contribution is 2.48. The van der Waals surface area contributed by atoms with E-state index in [2.05, 4.69) is 0 Å². The molecular weight excluding hydrogens is 509 g/mol. The first-order valence-corrected chi connectivity index (χ1v) is 12.5. The molecule has 0 saturated carbocycles. The monoisotopic (exact) mass is 525 g/mol. The molecule has 4 aromatic rings. The van der Waals surface area contributed by atoms with E-state index in [1.54, 1.807) is 18.2 Å². The predicted molar refractivity (Wildman–Crippen MR) is 143 cm³/mol. The van der Waals surface area contributed by atoms with Crippen LogP contribution in [0.3, 0.4) is 0 Å². The lowest BCUT2D eigenvalue weighted by molar-refractivity contribution is -0.114. The molecule has 0 N–H and O–H groups in total. The second-order valence-electron chi connectivity index (χ2n) is 7.87. The summed E-state index contributed by atoms with van der Waals surface area (Å²) >= 11 is 19.8. The topological polar surface area (TPSA) is 33.5 Å². The standard InChI is InChI=1S/C27H18Cl3NO2S/c1-16-2-9-20(10-3-16)31-26(32)25(34-27(31)17-4-7-19(28)8-5-17)15-21-11-13-24(33-21)18-6-12-22(29)23(30)14-18/h2-15,27H,1H3. The Morgan fingerprint density at radius 1 is 0.882 bits per heavy atom. The second kappa shape index (κ2) is 9.55. The molecule has 7 heteroatoms. The first kappa shape index (κ1) is 23.1. The third-order valence-electron chi connectivity index (χ3n) is 5.47. The molecule has 1 aromatic heterocycles. The summed E-state index contributed by atoms with van der Waals surface area (Å²) in [7, 11) is 0. The van der Waals surface area contributed by atoms with Gasteiger partial charge >= 0.3 is 0 Å². The fourth-order valence-electron chi connectivity index (χ4n) is 3.71. The Morgan fingerprint density at radius 3 is 2.32 bits per heavy atom. The molecule has 1 unspecified atom stereocenters. The number of halogens is 3. The Bertz CT molecular complexity index is 1390. The van der Waals surface area contributed by atoms with E-state index in [4.69, 9.17) is 39.2 Å². The van der Waals surface area contributed by atoms with E-state index in [-0.39, 0.29) is 11.3 Å².